The summed E-state index contributed by atoms with van der Waals surface area (Å²) in [4.78, 5) is 32.8. The largest absolute Gasteiger partial charge is 0.493 e. The van der Waals surface area contributed by atoms with Crippen LogP contribution in [0.1, 0.15) is 29.0 Å². The second kappa shape index (κ2) is 9.74. The smallest absolute Gasteiger partial charge is 0.257 e. The van der Waals surface area contributed by atoms with E-state index in [0.717, 1.165) is 11.1 Å². The molecule has 164 valence electrons. The summed E-state index contributed by atoms with van der Waals surface area (Å²) in [5.74, 6) is 1.42. The molecule has 0 aliphatic carbocycles. The van der Waals surface area contributed by atoms with Gasteiger partial charge in [0.25, 0.3) is 5.56 Å². The van der Waals surface area contributed by atoms with Crippen molar-refractivity contribution >= 4 is 23.5 Å². The zero-order chi connectivity index (χ0) is 22.5. The van der Waals surface area contributed by atoms with Crippen LogP contribution < -0.4 is 20.3 Å². The summed E-state index contributed by atoms with van der Waals surface area (Å²) in [6.45, 7) is 3.99. The average molecular weight is 450 g/mol. The third-order valence-electron chi connectivity index (χ3n) is 5.09. The molecule has 1 atom stereocenters. The first-order valence-corrected chi connectivity index (χ1v) is 11.1. The van der Waals surface area contributed by atoms with E-state index < -0.39 is 5.92 Å². The van der Waals surface area contributed by atoms with Gasteiger partial charge in [-0.3, -0.25) is 9.59 Å². The van der Waals surface area contributed by atoms with E-state index >= 15 is 0 Å². The number of fused-ring (bicyclic) bond motifs is 1. The van der Waals surface area contributed by atoms with E-state index in [1.807, 2.05) is 36.4 Å². The van der Waals surface area contributed by atoms with Gasteiger partial charge < -0.3 is 19.8 Å². The number of nitrogens with zero attached hydrogens (tertiary/aromatic N) is 1. The number of nitrogens with one attached hydrogen (secondary N) is 2. The Hall–Kier alpha value is -3.52. The van der Waals surface area contributed by atoms with Gasteiger partial charge in [0.2, 0.25) is 5.91 Å². The van der Waals surface area contributed by atoms with E-state index in [2.05, 4.69) is 21.9 Å². The fourth-order valence-corrected chi connectivity index (χ4v) is 4.42. The number of carbonyl (C=O) groups is 1. The number of aromatic nitrogens is 2. The lowest BCUT2D eigenvalue weighted by Crippen LogP contribution is -2.31. The molecule has 0 bridgehead atoms. The number of benzene rings is 2. The summed E-state index contributed by atoms with van der Waals surface area (Å²) in [7, 11) is 1.55. The molecule has 1 aliphatic heterocycles. The summed E-state index contributed by atoms with van der Waals surface area (Å²) in [5, 5.41) is 3.22. The fraction of sp³-hybridized carbons (Fsp3) is 0.208. The van der Waals surface area contributed by atoms with Crippen molar-refractivity contribution in [3.8, 4) is 11.5 Å². The van der Waals surface area contributed by atoms with Gasteiger partial charge in [0, 0.05) is 18.1 Å². The molecule has 1 unspecified atom stereocenters. The highest BCUT2D eigenvalue weighted by Crippen LogP contribution is 2.38. The summed E-state index contributed by atoms with van der Waals surface area (Å²) in [6.07, 6.45) is 1.79. The Labute approximate surface area is 189 Å². The lowest BCUT2D eigenvalue weighted by Gasteiger charge is -2.25. The lowest BCUT2D eigenvalue weighted by molar-refractivity contribution is -0.116. The molecule has 3 aromatic rings. The normalized spacial score (nSPS) is 14.9. The number of aromatic amines is 1. The van der Waals surface area contributed by atoms with Crippen LogP contribution in [0, 0.1) is 0 Å². The number of hydrogen-bond acceptors (Lipinski definition) is 6. The molecule has 2 N–H and O–H groups in total. The van der Waals surface area contributed by atoms with Crippen molar-refractivity contribution in [2.75, 3.05) is 19.0 Å². The van der Waals surface area contributed by atoms with E-state index in [1.54, 1.807) is 25.3 Å². The Kier molecular flexibility index (Phi) is 6.61. The molecule has 0 spiro atoms. The minimum absolute atomic E-state index is 0.143. The fourth-order valence-electron chi connectivity index (χ4n) is 3.60. The van der Waals surface area contributed by atoms with Crippen molar-refractivity contribution in [1.82, 2.24) is 9.97 Å². The summed E-state index contributed by atoms with van der Waals surface area (Å²) in [6, 6.07) is 15.3. The topological polar surface area (TPSA) is 93.3 Å². The predicted octanol–water partition coefficient (Wildman–Crippen LogP) is 4.11. The molecular weight excluding hydrogens is 426 g/mol. The van der Waals surface area contributed by atoms with E-state index in [4.69, 9.17) is 9.47 Å². The molecule has 0 fully saturated rings. The number of rotatable bonds is 8. The maximum atomic E-state index is 13.0. The van der Waals surface area contributed by atoms with Crippen LogP contribution in [-0.2, 0) is 10.5 Å². The van der Waals surface area contributed by atoms with Crippen LogP contribution in [0.4, 0.5) is 5.82 Å². The van der Waals surface area contributed by atoms with Crippen molar-refractivity contribution in [2.24, 2.45) is 0 Å². The van der Waals surface area contributed by atoms with E-state index in [9.17, 15) is 9.59 Å². The molecule has 1 aliphatic rings. The first-order chi connectivity index (χ1) is 15.6. The first kappa shape index (κ1) is 21.7. The van der Waals surface area contributed by atoms with Crippen molar-refractivity contribution in [3.05, 3.63) is 88.2 Å². The van der Waals surface area contributed by atoms with Crippen LogP contribution in [0.2, 0.25) is 0 Å². The number of hydrogen-bond donors (Lipinski definition) is 2. The summed E-state index contributed by atoms with van der Waals surface area (Å²) in [5.41, 5.74) is 2.07. The third-order valence-corrected chi connectivity index (χ3v) is 6.04. The molecule has 1 amide bonds. The van der Waals surface area contributed by atoms with E-state index in [1.165, 1.54) is 11.8 Å². The highest BCUT2D eigenvalue weighted by Gasteiger charge is 2.31. The summed E-state index contributed by atoms with van der Waals surface area (Å²) >= 11 is 1.41. The standard InChI is InChI=1S/C24H23N3O4S/c1-3-11-31-18-10-9-16(12-19(18)30-2)17-13-20(28)25-22-21(17)23(29)27-24(26-22)32-14-15-7-5-4-6-8-15/h3-10,12,17H,1,11,13-14H2,2H3,(H2,25,26,27,28,29). The molecular formula is C24H23N3O4S. The highest BCUT2D eigenvalue weighted by molar-refractivity contribution is 7.98. The van der Waals surface area contributed by atoms with Gasteiger partial charge in [0.05, 0.1) is 12.7 Å². The number of H-pyrrole nitrogens is 1. The van der Waals surface area contributed by atoms with Gasteiger partial charge in [-0.25, -0.2) is 4.98 Å². The monoisotopic (exact) mass is 449 g/mol. The van der Waals surface area contributed by atoms with Crippen LogP contribution in [0.5, 0.6) is 11.5 Å². The van der Waals surface area contributed by atoms with Gasteiger partial charge >= 0.3 is 0 Å². The SMILES string of the molecule is C=CCOc1ccc(C2CC(=O)Nc3nc(SCc4ccccc4)[nH]c(=O)c32)cc1OC. The molecule has 4 rings (SSSR count). The van der Waals surface area contributed by atoms with Crippen LogP contribution in [0.15, 0.2) is 71.1 Å². The number of amides is 1. The van der Waals surface area contributed by atoms with E-state index in [-0.39, 0.29) is 17.9 Å². The molecule has 8 heteroatoms. The number of methoxy groups -OCH3 is 1. The molecule has 7 nitrogen and oxygen atoms in total. The zero-order valence-electron chi connectivity index (χ0n) is 17.6. The highest BCUT2D eigenvalue weighted by atomic mass is 32.2. The van der Waals surface area contributed by atoms with Crippen molar-refractivity contribution in [1.29, 1.82) is 0 Å². The molecule has 1 aromatic heterocycles. The number of carbonyl (C=O) groups excluding carboxylic acids is 1. The average Bonchev–Trinajstić information content (AvgIpc) is 2.81. The Balaban J connectivity index is 1.65. The number of thioether (sulfide) groups is 1. The van der Waals surface area contributed by atoms with Gasteiger partial charge in [-0.1, -0.05) is 60.8 Å². The molecule has 0 saturated heterocycles. The Morgan fingerprint density at radius 1 is 1.19 bits per heavy atom. The predicted molar refractivity (Wildman–Crippen MR) is 125 cm³/mol. The van der Waals surface area contributed by atoms with Crippen LogP contribution in [0.25, 0.3) is 0 Å². The van der Waals surface area contributed by atoms with Crippen molar-refractivity contribution < 1.29 is 14.3 Å². The Morgan fingerprint density at radius 2 is 2.00 bits per heavy atom. The third kappa shape index (κ3) is 4.70. The minimum atomic E-state index is -0.439. The van der Waals surface area contributed by atoms with Gasteiger partial charge in [-0.2, -0.15) is 0 Å². The maximum absolute atomic E-state index is 13.0. The minimum Gasteiger partial charge on any atom is -0.493 e. The molecule has 0 radical (unpaired) electrons. The second-order valence-electron chi connectivity index (χ2n) is 7.22. The zero-order valence-corrected chi connectivity index (χ0v) is 18.4. The van der Waals surface area contributed by atoms with Gasteiger partial charge in [-0.15, -0.1) is 0 Å². The van der Waals surface area contributed by atoms with Crippen LogP contribution in [0.3, 0.4) is 0 Å². The van der Waals surface area contributed by atoms with Crippen molar-refractivity contribution in [2.45, 2.75) is 23.2 Å². The molecule has 2 aromatic carbocycles. The Morgan fingerprint density at radius 3 is 2.75 bits per heavy atom. The first-order valence-electron chi connectivity index (χ1n) is 10.1. The van der Waals surface area contributed by atoms with Crippen LogP contribution in [-0.4, -0.2) is 29.6 Å². The molecule has 0 saturated carbocycles. The van der Waals surface area contributed by atoms with Crippen LogP contribution >= 0.6 is 11.8 Å². The van der Waals surface area contributed by atoms with Gasteiger partial charge in [0.15, 0.2) is 16.7 Å². The van der Waals surface area contributed by atoms with Crippen molar-refractivity contribution in [3.63, 3.8) is 0 Å². The molecule has 32 heavy (non-hydrogen) atoms. The molecule has 2 heterocycles. The quantitative estimate of drug-likeness (QED) is 0.305. The van der Waals surface area contributed by atoms with Gasteiger partial charge in [-0.05, 0) is 23.3 Å². The lowest BCUT2D eigenvalue weighted by atomic mass is 9.86. The van der Waals surface area contributed by atoms with E-state index in [0.29, 0.717) is 40.4 Å². The Bertz CT molecular complexity index is 1190. The second-order valence-corrected chi connectivity index (χ2v) is 8.19. The van der Waals surface area contributed by atoms with Gasteiger partial charge in [0.1, 0.15) is 12.4 Å². The number of ether oxygens (including phenoxy) is 2. The maximum Gasteiger partial charge on any atom is 0.257 e. The summed E-state index contributed by atoms with van der Waals surface area (Å²) < 4.78 is 11.1. The number of anilines is 1.